The molecule has 0 aliphatic heterocycles. The third-order valence-corrected chi connectivity index (χ3v) is 5.13. The van der Waals surface area contributed by atoms with Crippen molar-refractivity contribution >= 4 is 22.6 Å². The molecule has 1 aromatic heterocycles. The Balaban J connectivity index is 1.53. The summed E-state index contributed by atoms with van der Waals surface area (Å²) in [5, 5.41) is 6.87. The highest BCUT2D eigenvalue weighted by Gasteiger charge is 2.20. The number of rotatable bonds is 6. The normalized spacial score (nSPS) is 16.1. The van der Waals surface area contributed by atoms with Crippen LogP contribution < -0.4 is 15.4 Å². The minimum Gasteiger partial charge on any atom is -0.497 e. The number of carbonyl (C=O) groups is 1. The van der Waals surface area contributed by atoms with Crippen LogP contribution in [0.2, 0.25) is 0 Å². The fourth-order valence-corrected chi connectivity index (χ4v) is 3.58. The van der Waals surface area contributed by atoms with E-state index in [0.29, 0.717) is 28.0 Å². The first-order valence-corrected chi connectivity index (χ1v) is 10.0. The van der Waals surface area contributed by atoms with Gasteiger partial charge in [0.1, 0.15) is 11.6 Å². The number of amides is 1. The van der Waals surface area contributed by atoms with E-state index in [9.17, 15) is 13.6 Å². The topological polar surface area (TPSA) is 76.1 Å². The minimum absolute atomic E-state index is 0.149. The molecule has 1 amide bonds. The van der Waals surface area contributed by atoms with Crippen LogP contribution in [0.4, 0.5) is 14.6 Å². The Kier molecular flexibility index (Phi) is 6.06. The molecule has 1 aliphatic rings. The van der Waals surface area contributed by atoms with E-state index in [-0.39, 0.29) is 11.9 Å². The Bertz CT molecular complexity index is 1120. The number of methoxy groups -OCH3 is 1. The predicted octanol–water partition coefficient (Wildman–Crippen LogP) is 4.85. The summed E-state index contributed by atoms with van der Waals surface area (Å²) in [5.74, 6) is 0.332. The fraction of sp³-hybridized carbons (Fsp3) is 0.261. The fourth-order valence-electron chi connectivity index (χ4n) is 3.58. The molecule has 4 rings (SSSR count). The second kappa shape index (κ2) is 9.07. The number of anilines is 1. The zero-order valence-corrected chi connectivity index (χ0v) is 16.9. The van der Waals surface area contributed by atoms with Gasteiger partial charge in [-0.05, 0) is 61.7 Å². The first-order valence-electron chi connectivity index (χ1n) is 10.0. The maximum absolute atomic E-state index is 13.2. The van der Waals surface area contributed by atoms with Crippen LogP contribution in [0, 0.1) is 0 Å². The zero-order chi connectivity index (χ0) is 21.8. The summed E-state index contributed by atoms with van der Waals surface area (Å²) in [4.78, 5) is 20.5. The van der Waals surface area contributed by atoms with Crippen molar-refractivity contribution in [2.45, 2.75) is 31.7 Å². The minimum atomic E-state index is -2.76. The Hall–Kier alpha value is -3.55. The van der Waals surface area contributed by atoms with Gasteiger partial charge in [-0.1, -0.05) is 12.1 Å². The van der Waals surface area contributed by atoms with E-state index in [2.05, 4.69) is 20.6 Å². The SMILES string of the molecule is COc1ccc(C(=O)NC2=C[C@@H](Nc3nc(C(F)F)nc4ccccc34)CCC2)cc1. The number of alkyl halides is 2. The third-order valence-electron chi connectivity index (χ3n) is 5.13. The first-order chi connectivity index (χ1) is 15.0. The number of fused-ring (bicyclic) bond motifs is 1. The van der Waals surface area contributed by atoms with E-state index < -0.39 is 12.2 Å². The highest BCUT2D eigenvalue weighted by Crippen LogP contribution is 2.27. The number of aromatic nitrogens is 2. The molecule has 6 nitrogen and oxygen atoms in total. The van der Waals surface area contributed by atoms with Crippen molar-refractivity contribution in [3.63, 3.8) is 0 Å². The van der Waals surface area contributed by atoms with Crippen LogP contribution in [0.5, 0.6) is 5.75 Å². The predicted molar refractivity (Wildman–Crippen MR) is 114 cm³/mol. The molecule has 2 aromatic carbocycles. The van der Waals surface area contributed by atoms with Crippen molar-refractivity contribution in [2.24, 2.45) is 0 Å². The number of benzene rings is 2. The lowest BCUT2D eigenvalue weighted by molar-refractivity contribution is 0.0963. The maximum atomic E-state index is 13.2. The van der Waals surface area contributed by atoms with Crippen LogP contribution in [-0.4, -0.2) is 29.0 Å². The van der Waals surface area contributed by atoms with Crippen molar-refractivity contribution in [3.8, 4) is 5.75 Å². The van der Waals surface area contributed by atoms with E-state index in [1.807, 2.05) is 12.1 Å². The van der Waals surface area contributed by atoms with Gasteiger partial charge in [0, 0.05) is 22.7 Å². The summed E-state index contributed by atoms with van der Waals surface area (Å²) in [6.45, 7) is 0. The number of hydrogen-bond acceptors (Lipinski definition) is 5. The van der Waals surface area contributed by atoms with Gasteiger partial charge in [0.25, 0.3) is 12.3 Å². The molecule has 0 saturated carbocycles. The van der Waals surface area contributed by atoms with Gasteiger partial charge < -0.3 is 15.4 Å². The number of para-hydroxylation sites is 1. The van der Waals surface area contributed by atoms with Crippen LogP contribution in [0.1, 0.15) is 41.9 Å². The maximum Gasteiger partial charge on any atom is 0.297 e. The quantitative estimate of drug-likeness (QED) is 0.591. The lowest BCUT2D eigenvalue weighted by atomic mass is 9.99. The first kappa shape index (κ1) is 20.7. The Labute approximate surface area is 178 Å². The summed E-state index contributed by atoms with van der Waals surface area (Å²) < 4.78 is 31.6. The van der Waals surface area contributed by atoms with E-state index in [0.717, 1.165) is 25.0 Å². The second-order valence-electron chi connectivity index (χ2n) is 7.27. The van der Waals surface area contributed by atoms with Crippen molar-refractivity contribution in [3.05, 3.63) is 71.7 Å². The van der Waals surface area contributed by atoms with Gasteiger partial charge in [0.15, 0.2) is 5.82 Å². The van der Waals surface area contributed by atoms with E-state index in [1.54, 1.807) is 49.6 Å². The lowest BCUT2D eigenvalue weighted by Crippen LogP contribution is -2.29. The van der Waals surface area contributed by atoms with E-state index >= 15 is 0 Å². The van der Waals surface area contributed by atoms with E-state index in [1.165, 1.54) is 0 Å². The molecule has 8 heteroatoms. The van der Waals surface area contributed by atoms with Crippen LogP contribution >= 0.6 is 0 Å². The standard InChI is InChI=1S/C23H22F2N4O2/c1-31-17-11-9-14(10-12-17)23(30)27-16-6-4-5-15(13-16)26-21-18-7-2-3-8-19(18)28-22(29-21)20(24)25/h2-3,7-13,15,20H,4-6H2,1H3,(H,27,30)(H,26,28,29)/t15-/m0/s1. The highest BCUT2D eigenvalue weighted by atomic mass is 19.3. The van der Waals surface area contributed by atoms with Crippen molar-refractivity contribution < 1.29 is 18.3 Å². The van der Waals surface area contributed by atoms with Gasteiger partial charge >= 0.3 is 0 Å². The zero-order valence-electron chi connectivity index (χ0n) is 16.9. The third kappa shape index (κ3) is 4.79. The molecule has 0 spiro atoms. The van der Waals surface area contributed by atoms with Crippen molar-refractivity contribution in [2.75, 3.05) is 12.4 Å². The molecule has 1 atom stereocenters. The average molecular weight is 424 g/mol. The molecular formula is C23H22F2N4O2. The number of carbonyl (C=O) groups excluding carboxylic acids is 1. The Morgan fingerprint density at radius 2 is 1.90 bits per heavy atom. The van der Waals surface area contributed by atoms with Gasteiger partial charge in [0.2, 0.25) is 0 Å². The molecule has 1 heterocycles. The van der Waals surface area contributed by atoms with Crippen LogP contribution in [0.3, 0.4) is 0 Å². The molecule has 0 saturated heterocycles. The van der Waals surface area contributed by atoms with Crippen LogP contribution in [0.25, 0.3) is 10.9 Å². The van der Waals surface area contributed by atoms with Gasteiger partial charge in [-0.15, -0.1) is 0 Å². The van der Waals surface area contributed by atoms with Crippen LogP contribution in [-0.2, 0) is 0 Å². The molecule has 0 radical (unpaired) electrons. The molecule has 3 aromatic rings. The second-order valence-corrected chi connectivity index (χ2v) is 7.27. The van der Waals surface area contributed by atoms with Crippen molar-refractivity contribution in [1.82, 2.24) is 15.3 Å². The van der Waals surface area contributed by atoms with Gasteiger partial charge in [-0.3, -0.25) is 4.79 Å². The monoisotopic (exact) mass is 424 g/mol. The molecule has 0 fully saturated rings. The number of nitrogens with one attached hydrogen (secondary N) is 2. The number of nitrogens with zero attached hydrogens (tertiary/aromatic N) is 2. The molecule has 1 aliphatic carbocycles. The molecule has 0 bridgehead atoms. The summed E-state index contributed by atoms with van der Waals surface area (Å²) >= 11 is 0. The van der Waals surface area contributed by atoms with Crippen molar-refractivity contribution in [1.29, 1.82) is 0 Å². The average Bonchev–Trinajstić information content (AvgIpc) is 2.79. The van der Waals surface area contributed by atoms with Crippen LogP contribution in [0.15, 0.2) is 60.3 Å². The number of ether oxygens (including phenoxy) is 1. The summed E-state index contributed by atoms with van der Waals surface area (Å²) in [5.41, 5.74) is 1.78. The smallest absolute Gasteiger partial charge is 0.297 e. The summed E-state index contributed by atoms with van der Waals surface area (Å²) in [6.07, 6.45) is 1.53. The number of hydrogen-bond donors (Lipinski definition) is 2. The largest absolute Gasteiger partial charge is 0.497 e. The highest BCUT2D eigenvalue weighted by molar-refractivity contribution is 5.95. The molecule has 0 unspecified atom stereocenters. The van der Waals surface area contributed by atoms with Gasteiger partial charge in [-0.2, -0.15) is 0 Å². The molecule has 2 N–H and O–H groups in total. The Morgan fingerprint density at radius 1 is 1.13 bits per heavy atom. The molecule has 31 heavy (non-hydrogen) atoms. The van der Waals surface area contributed by atoms with Gasteiger partial charge in [-0.25, -0.2) is 18.7 Å². The summed E-state index contributed by atoms with van der Waals surface area (Å²) in [6, 6.07) is 13.8. The number of halogens is 2. The lowest BCUT2D eigenvalue weighted by Gasteiger charge is -2.24. The van der Waals surface area contributed by atoms with E-state index in [4.69, 9.17) is 4.74 Å². The molecular weight excluding hydrogens is 402 g/mol. The summed E-state index contributed by atoms with van der Waals surface area (Å²) in [7, 11) is 1.57. The molecule has 160 valence electrons. The van der Waals surface area contributed by atoms with Gasteiger partial charge in [0.05, 0.1) is 12.6 Å². The Morgan fingerprint density at radius 3 is 2.65 bits per heavy atom. The number of allylic oxidation sites excluding steroid dienone is 1.